The summed E-state index contributed by atoms with van der Waals surface area (Å²) in [4.78, 5) is 55.9. The number of sulfone groups is 3. The van der Waals surface area contributed by atoms with E-state index in [4.69, 9.17) is 25.4 Å². The van der Waals surface area contributed by atoms with Crippen LogP contribution in [0.15, 0.2) is 21.2 Å². The molecular weight excluding hydrogens is 1030 g/mol. The monoisotopic (exact) mass is 1110 g/mol. The molecule has 0 atom stereocenters. The summed E-state index contributed by atoms with van der Waals surface area (Å²) in [6, 6.07) is 2.95. The lowest BCUT2D eigenvalue weighted by Crippen LogP contribution is -2.50. The Balaban J connectivity index is 0.000000272. The minimum atomic E-state index is -3.03. The Morgan fingerprint density at radius 2 is 0.918 bits per heavy atom. The fourth-order valence-corrected chi connectivity index (χ4v) is 11.0. The fraction of sp³-hybridized carbons (Fsp3) is 0.778. The number of urea groups is 3. The molecular formula is C45H80ClN11O13S3. The molecule has 2 aromatic rings. The van der Waals surface area contributed by atoms with Crippen LogP contribution in [-0.4, -0.2) is 223 Å². The number of rotatable bonds is 2. The second kappa shape index (κ2) is 29.1. The van der Waals surface area contributed by atoms with E-state index in [1.54, 1.807) is 31.7 Å². The molecule has 2 aromatic heterocycles. The maximum atomic E-state index is 12.7. The summed E-state index contributed by atoms with van der Waals surface area (Å²) in [5.41, 5.74) is -0.310. The number of nitrogens with zero attached hydrogens (tertiary/aromatic N) is 7. The molecule has 28 heteroatoms. The van der Waals surface area contributed by atoms with Crippen LogP contribution in [0.3, 0.4) is 0 Å². The highest BCUT2D eigenvalue weighted by Gasteiger charge is 2.31. The molecule has 6 aliphatic heterocycles. The first-order valence-electron chi connectivity index (χ1n) is 24.4. The van der Waals surface area contributed by atoms with Gasteiger partial charge in [-0.25, -0.2) is 39.6 Å². The third kappa shape index (κ3) is 23.0. The first-order valence-corrected chi connectivity index (χ1v) is 30.2. The van der Waals surface area contributed by atoms with Gasteiger partial charge in [-0.1, -0.05) is 59.3 Å². The lowest BCUT2D eigenvalue weighted by molar-refractivity contribution is 0.157. The van der Waals surface area contributed by atoms with Gasteiger partial charge in [0.2, 0.25) is 0 Å². The lowest BCUT2D eigenvalue weighted by Gasteiger charge is -2.32. The Morgan fingerprint density at radius 3 is 1.33 bits per heavy atom. The molecule has 7 amide bonds. The van der Waals surface area contributed by atoms with Gasteiger partial charge in [-0.2, -0.15) is 0 Å². The van der Waals surface area contributed by atoms with Crippen molar-refractivity contribution >= 4 is 76.2 Å². The van der Waals surface area contributed by atoms with E-state index >= 15 is 0 Å². The van der Waals surface area contributed by atoms with Crippen molar-refractivity contribution in [1.29, 1.82) is 0 Å². The topological polar surface area (TPSA) is 296 Å². The number of ether oxygens (including phenoxy) is 1. The first kappa shape index (κ1) is 63.0. The zero-order chi connectivity index (χ0) is 53.2. The summed E-state index contributed by atoms with van der Waals surface area (Å²) >= 11 is 5.14. The molecule has 0 saturated carbocycles. The van der Waals surface area contributed by atoms with Gasteiger partial charge in [0.05, 0.1) is 34.5 Å². The van der Waals surface area contributed by atoms with E-state index in [0.717, 1.165) is 51.6 Å². The average Bonchev–Trinajstić information content (AvgIpc) is 4.07. The predicted octanol–water partition coefficient (Wildman–Crippen LogP) is 3.67. The molecule has 0 aromatic carbocycles. The zero-order valence-corrected chi connectivity index (χ0v) is 45.8. The number of carbonyl (C=O) groups is 4. The third-order valence-electron chi connectivity index (χ3n) is 11.9. The summed E-state index contributed by atoms with van der Waals surface area (Å²) < 4.78 is 81.5. The van der Waals surface area contributed by atoms with Crippen molar-refractivity contribution in [3.63, 3.8) is 0 Å². The summed E-state index contributed by atoms with van der Waals surface area (Å²) in [6.45, 7) is 21.4. The summed E-state index contributed by atoms with van der Waals surface area (Å²) in [5, 5.41) is 19.0. The normalized spacial score (nSPS) is 20.7. The zero-order valence-electron chi connectivity index (χ0n) is 42.6. The highest BCUT2D eigenvalue weighted by Crippen LogP contribution is 2.26. The SMILES string of the molecule is C.C1CCOC1.CC(C)(C)c1cc(NC(=O)N2CCCN(C(=O)N3CCS(=O)(=O)CC3)CC2)no1.CC(C)(C)c1cc(NC(=O)N2CCCNCC2)no1.O=C(Cl)N1CCS(=O)(=O)CC1.O=S1(=O)CCNCC1. The standard InChI is InChI=1S/C18H29N5O5S.C13H22N4O2.C5H8ClNO3S.C4H9NO2S.C4H8O.CH4/c1-18(2,3)14-13-15(20-28-14)19-16(24)21-5-4-6-22(8-7-21)17(25)23-9-11-29(26,27)12-10-23;1-13(2,3)10-9-11(16-19-10)15-12(18)17-7-4-5-14-6-8-17;6-5(8)7-1-3-11(9,10)4-2-7;6-8(7)3-1-5-2-4-8;1-2-4-5-3-1;/h13H,4-12H2,1-3H3,(H,19,20,24);9,14H,4-8H2,1-3H3,(H,15,16,18);1-4H2;5H,1-4H2;1-4H2;1H4. The molecule has 8 heterocycles. The van der Waals surface area contributed by atoms with Gasteiger partial charge >= 0.3 is 23.5 Å². The number of aromatic nitrogens is 2. The van der Waals surface area contributed by atoms with E-state index in [0.29, 0.717) is 74.6 Å². The number of hydrogen-bond acceptors (Lipinski definition) is 17. The van der Waals surface area contributed by atoms with Gasteiger partial charge in [-0.15, -0.1) is 0 Å². The van der Waals surface area contributed by atoms with Crippen molar-refractivity contribution in [1.82, 2.24) is 45.4 Å². The molecule has 0 radical (unpaired) electrons. The number of anilines is 2. The minimum absolute atomic E-state index is 0. The van der Waals surface area contributed by atoms with Crippen molar-refractivity contribution in [2.75, 3.05) is 150 Å². The number of nitrogens with one attached hydrogen (secondary N) is 4. The second-order valence-corrected chi connectivity index (χ2v) is 27.2. The van der Waals surface area contributed by atoms with E-state index < -0.39 is 34.9 Å². The van der Waals surface area contributed by atoms with Crippen LogP contribution in [0.2, 0.25) is 0 Å². The van der Waals surface area contributed by atoms with Gasteiger partial charge in [0.15, 0.2) is 41.1 Å². The van der Waals surface area contributed by atoms with Crippen molar-refractivity contribution < 1.29 is 58.2 Å². The fourth-order valence-electron chi connectivity index (χ4n) is 7.30. The summed E-state index contributed by atoms with van der Waals surface area (Å²) in [7, 11) is -8.58. The van der Waals surface area contributed by atoms with Crippen LogP contribution in [0, 0.1) is 0 Å². The largest absolute Gasteiger partial charge is 0.381 e. The van der Waals surface area contributed by atoms with Gasteiger partial charge < -0.3 is 48.9 Å². The van der Waals surface area contributed by atoms with Crippen LogP contribution in [0.25, 0.3) is 0 Å². The highest BCUT2D eigenvalue weighted by atomic mass is 35.5. The molecule has 6 fully saturated rings. The van der Waals surface area contributed by atoms with E-state index in [1.165, 1.54) is 17.7 Å². The van der Waals surface area contributed by atoms with Crippen LogP contribution < -0.4 is 21.3 Å². The molecule has 4 N–H and O–H groups in total. The van der Waals surface area contributed by atoms with Gasteiger partial charge in [0.25, 0.3) is 0 Å². The molecule has 24 nitrogen and oxygen atoms in total. The molecule has 0 unspecified atom stereocenters. The van der Waals surface area contributed by atoms with Crippen molar-refractivity contribution in [3.05, 3.63) is 23.7 Å². The molecule has 418 valence electrons. The van der Waals surface area contributed by atoms with Gasteiger partial charge in [-0.3, -0.25) is 15.4 Å². The van der Waals surface area contributed by atoms with Crippen LogP contribution >= 0.6 is 11.6 Å². The number of amides is 7. The van der Waals surface area contributed by atoms with Crippen LogP contribution in [0.1, 0.15) is 86.2 Å². The second-order valence-electron chi connectivity index (χ2n) is 20.0. The maximum absolute atomic E-state index is 12.7. The Morgan fingerprint density at radius 1 is 0.521 bits per heavy atom. The summed E-state index contributed by atoms with van der Waals surface area (Å²) in [6.07, 6.45) is 4.18. The van der Waals surface area contributed by atoms with Crippen molar-refractivity contribution in [2.24, 2.45) is 0 Å². The molecule has 0 aliphatic carbocycles. The molecule has 6 saturated heterocycles. The predicted molar refractivity (Wildman–Crippen MR) is 281 cm³/mol. The van der Waals surface area contributed by atoms with Gasteiger partial charge in [0, 0.05) is 121 Å². The molecule has 8 rings (SSSR count). The molecule has 73 heavy (non-hydrogen) atoms. The van der Waals surface area contributed by atoms with Gasteiger partial charge in [0.1, 0.15) is 11.5 Å². The van der Waals surface area contributed by atoms with Gasteiger partial charge in [-0.05, 0) is 43.8 Å². The van der Waals surface area contributed by atoms with E-state index in [1.807, 2.05) is 41.5 Å². The van der Waals surface area contributed by atoms with Crippen molar-refractivity contribution in [2.45, 2.75) is 85.5 Å². The van der Waals surface area contributed by atoms with Crippen LogP contribution in [-0.2, 0) is 45.1 Å². The van der Waals surface area contributed by atoms with Crippen molar-refractivity contribution in [3.8, 4) is 0 Å². The van der Waals surface area contributed by atoms with Crippen LogP contribution in [0.5, 0.6) is 0 Å². The number of carbonyl (C=O) groups excluding carboxylic acids is 4. The average molecular weight is 1110 g/mol. The smallest absolute Gasteiger partial charge is 0.323 e. The lowest BCUT2D eigenvalue weighted by atomic mass is 9.93. The number of halogens is 1. The molecule has 6 aliphatic rings. The third-order valence-corrected chi connectivity index (χ3v) is 17.0. The Labute approximate surface area is 437 Å². The van der Waals surface area contributed by atoms with E-state index in [-0.39, 0.29) is 85.5 Å². The van der Waals surface area contributed by atoms with E-state index in [9.17, 15) is 44.4 Å². The Bertz CT molecular complexity index is 2350. The maximum Gasteiger partial charge on any atom is 0.323 e. The van der Waals surface area contributed by atoms with E-state index in [2.05, 4.69) is 31.6 Å². The molecule has 0 spiro atoms. The Hall–Kier alpha value is -4.28. The quantitative estimate of drug-likeness (QED) is 0.246. The molecule has 0 bridgehead atoms. The Kier molecular flexibility index (Phi) is 25.1. The number of hydrogen-bond donors (Lipinski definition) is 4. The first-order chi connectivity index (χ1) is 33.7. The minimum Gasteiger partial charge on any atom is -0.381 e. The van der Waals surface area contributed by atoms with Crippen LogP contribution in [0.4, 0.5) is 30.8 Å². The highest BCUT2D eigenvalue weighted by molar-refractivity contribution is 7.92. The summed E-state index contributed by atoms with van der Waals surface area (Å²) in [5.74, 6) is 3.00.